The van der Waals surface area contributed by atoms with Crippen LogP contribution in [0.5, 0.6) is 0 Å². The van der Waals surface area contributed by atoms with Gasteiger partial charge in [-0.1, -0.05) is 18.6 Å². The van der Waals surface area contributed by atoms with Gasteiger partial charge in [-0.3, -0.25) is 0 Å². The summed E-state index contributed by atoms with van der Waals surface area (Å²) in [5, 5.41) is 7.98. The van der Waals surface area contributed by atoms with Crippen LogP contribution in [0.25, 0.3) is 0 Å². The first-order chi connectivity index (χ1) is 6.33. The topological polar surface area (TPSA) is 56.7 Å². The summed E-state index contributed by atoms with van der Waals surface area (Å²) in [5.74, 6) is 1.28. The second-order valence-electron chi connectivity index (χ2n) is 3.71. The molecule has 1 aromatic rings. The first kappa shape index (κ1) is 8.53. The van der Waals surface area contributed by atoms with Crippen molar-refractivity contribution in [2.75, 3.05) is 5.73 Å². The molecule has 0 aromatic carbocycles. The van der Waals surface area contributed by atoms with Gasteiger partial charge in [0.1, 0.15) is 0 Å². The summed E-state index contributed by atoms with van der Waals surface area (Å²) in [7, 11) is 0. The highest BCUT2D eigenvalue weighted by atomic mass is 15.4. The van der Waals surface area contributed by atoms with Gasteiger partial charge in [0.25, 0.3) is 0 Å². The van der Waals surface area contributed by atoms with E-state index in [-0.39, 0.29) is 0 Å². The monoisotopic (exact) mass is 180 g/mol. The van der Waals surface area contributed by atoms with Gasteiger partial charge in [0.2, 0.25) is 0 Å². The minimum Gasteiger partial charge on any atom is -0.381 e. The van der Waals surface area contributed by atoms with Crippen molar-refractivity contribution < 1.29 is 0 Å². The van der Waals surface area contributed by atoms with Gasteiger partial charge in [0.15, 0.2) is 5.82 Å². The van der Waals surface area contributed by atoms with Crippen LogP contribution in [0, 0.1) is 0 Å². The van der Waals surface area contributed by atoms with E-state index in [2.05, 4.69) is 17.2 Å². The molecule has 1 aromatic heterocycles. The van der Waals surface area contributed by atoms with E-state index in [9.17, 15) is 0 Å². The molecule has 1 heterocycles. The zero-order valence-electron chi connectivity index (χ0n) is 8.03. The Morgan fingerprint density at radius 3 is 2.92 bits per heavy atom. The summed E-state index contributed by atoms with van der Waals surface area (Å²) in [5.41, 5.74) is 6.93. The first-order valence-corrected chi connectivity index (χ1v) is 5.01. The second kappa shape index (κ2) is 3.36. The van der Waals surface area contributed by atoms with Gasteiger partial charge in [-0.05, 0) is 19.3 Å². The van der Waals surface area contributed by atoms with Crippen LogP contribution < -0.4 is 5.73 Å². The maximum atomic E-state index is 5.76. The number of unbranched alkanes of at least 4 members (excludes halogenated alkanes) is 1. The molecule has 4 heteroatoms. The molecule has 0 spiro atoms. The molecule has 0 amide bonds. The average Bonchev–Trinajstić information content (AvgIpc) is 2.88. The highest BCUT2D eigenvalue weighted by Gasteiger charge is 2.30. The number of hydrogen-bond acceptors (Lipinski definition) is 3. The van der Waals surface area contributed by atoms with Crippen LogP contribution in [0.2, 0.25) is 0 Å². The highest BCUT2D eigenvalue weighted by Crippen LogP contribution is 2.41. The Kier molecular flexibility index (Phi) is 2.20. The number of nitrogens with two attached hydrogens (primary N) is 1. The molecule has 1 aliphatic carbocycles. The second-order valence-corrected chi connectivity index (χ2v) is 3.71. The van der Waals surface area contributed by atoms with Crippen LogP contribution in [0.1, 0.15) is 44.2 Å². The lowest BCUT2D eigenvalue weighted by Gasteiger charge is -2.03. The number of hydrogen-bond donors (Lipinski definition) is 1. The predicted molar refractivity (Wildman–Crippen MR) is 51.3 cm³/mol. The van der Waals surface area contributed by atoms with E-state index in [1.165, 1.54) is 25.0 Å². The lowest BCUT2D eigenvalue weighted by Crippen LogP contribution is -2.05. The summed E-state index contributed by atoms with van der Waals surface area (Å²) in [6.45, 7) is 3.14. The Bertz CT molecular complexity index is 288. The van der Waals surface area contributed by atoms with Crippen molar-refractivity contribution in [1.29, 1.82) is 0 Å². The maximum absolute atomic E-state index is 5.76. The third-order valence-electron chi connectivity index (χ3n) is 2.49. The fraction of sp³-hybridized carbons (Fsp3) is 0.778. The van der Waals surface area contributed by atoms with Crippen molar-refractivity contribution in [1.82, 2.24) is 15.0 Å². The van der Waals surface area contributed by atoms with Crippen molar-refractivity contribution >= 4 is 5.82 Å². The molecule has 1 aliphatic rings. The van der Waals surface area contributed by atoms with E-state index in [4.69, 9.17) is 5.73 Å². The van der Waals surface area contributed by atoms with E-state index >= 15 is 0 Å². The Morgan fingerprint density at radius 2 is 2.31 bits per heavy atom. The van der Waals surface area contributed by atoms with Gasteiger partial charge < -0.3 is 5.73 Å². The molecule has 1 fully saturated rings. The quantitative estimate of drug-likeness (QED) is 0.764. The summed E-state index contributed by atoms with van der Waals surface area (Å²) >= 11 is 0. The zero-order valence-corrected chi connectivity index (χ0v) is 8.03. The van der Waals surface area contributed by atoms with Crippen LogP contribution in [-0.4, -0.2) is 15.0 Å². The Morgan fingerprint density at radius 1 is 1.54 bits per heavy atom. The molecule has 4 nitrogen and oxygen atoms in total. The number of nitrogen functional groups attached to an aromatic ring is 1. The number of rotatable bonds is 4. The molecule has 13 heavy (non-hydrogen) atoms. The van der Waals surface area contributed by atoms with Crippen molar-refractivity contribution in [3.63, 3.8) is 0 Å². The van der Waals surface area contributed by atoms with Crippen molar-refractivity contribution in [3.8, 4) is 0 Å². The van der Waals surface area contributed by atoms with Gasteiger partial charge in [-0.2, -0.15) is 0 Å². The molecule has 2 rings (SSSR count). The Balaban J connectivity index is 2.13. The van der Waals surface area contributed by atoms with Gasteiger partial charge >= 0.3 is 0 Å². The summed E-state index contributed by atoms with van der Waals surface area (Å²) in [4.78, 5) is 0. The van der Waals surface area contributed by atoms with E-state index in [1.807, 2.05) is 4.68 Å². The molecule has 0 saturated heterocycles. The van der Waals surface area contributed by atoms with Gasteiger partial charge in [-0.15, -0.1) is 5.10 Å². The Labute approximate surface area is 78.1 Å². The van der Waals surface area contributed by atoms with E-state index < -0.39 is 0 Å². The summed E-state index contributed by atoms with van der Waals surface area (Å²) in [6, 6.07) is 0. The largest absolute Gasteiger partial charge is 0.381 e. The minimum absolute atomic E-state index is 0.638. The molecule has 0 unspecified atom stereocenters. The van der Waals surface area contributed by atoms with Crippen molar-refractivity contribution in [2.24, 2.45) is 0 Å². The molecule has 0 radical (unpaired) electrons. The first-order valence-electron chi connectivity index (χ1n) is 5.01. The number of aromatic nitrogens is 3. The van der Waals surface area contributed by atoms with Crippen LogP contribution in [-0.2, 0) is 6.54 Å². The smallest absolute Gasteiger partial charge is 0.169 e. The molecule has 2 N–H and O–H groups in total. The average molecular weight is 180 g/mol. The molecule has 0 aliphatic heterocycles. The van der Waals surface area contributed by atoms with Gasteiger partial charge in [0, 0.05) is 12.5 Å². The van der Waals surface area contributed by atoms with Gasteiger partial charge in [-0.25, -0.2) is 4.68 Å². The summed E-state index contributed by atoms with van der Waals surface area (Å²) < 4.78 is 1.98. The predicted octanol–water partition coefficient (Wildman–Crippen LogP) is 1.54. The molecular weight excluding hydrogens is 164 g/mol. The third kappa shape index (κ3) is 1.66. The number of anilines is 1. The van der Waals surface area contributed by atoms with Crippen molar-refractivity contribution in [2.45, 2.75) is 45.1 Å². The Hall–Kier alpha value is -1.06. The number of aryl methyl sites for hydroxylation is 1. The lowest BCUT2D eigenvalue weighted by molar-refractivity contribution is 0.533. The van der Waals surface area contributed by atoms with Crippen LogP contribution in [0.4, 0.5) is 5.82 Å². The van der Waals surface area contributed by atoms with Crippen molar-refractivity contribution in [3.05, 3.63) is 5.69 Å². The van der Waals surface area contributed by atoms with Crippen LogP contribution >= 0.6 is 0 Å². The van der Waals surface area contributed by atoms with E-state index in [1.54, 1.807) is 0 Å². The molecule has 72 valence electrons. The van der Waals surface area contributed by atoms with Crippen LogP contribution in [0.3, 0.4) is 0 Å². The fourth-order valence-corrected chi connectivity index (χ4v) is 1.58. The SMILES string of the molecule is CCCCn1nnc(N)c1C1CC1. The fourth-order valence-electron chi connectivity index (χ4n) is 1.58. The summed E-state index contributed by atoms with van der Waals surface area (Å²) in [6.07, 6.45) is 4.85. The molecule has 0 bridgehead atoms. The standard InChI is InChI=1S/C9H16N4/c1-2-3-6-13-8(7-4-5-7)9(10)11-12-13/h7H,2-6,10H2,1H3. The molecule has 1 saturated carbocycles. The molecular formula is C9H16N4. The zero-order chi connectivity index (χ0) is 9.26. The maximum Gasteiger partial charge on any atom is 0.169 e. The molecule has 0 atom stereocenters. The van der Waals surface area contributed by atoms with E-state index in [0.29, 0.717) is 11.7 Å². The third-order valence-corrected chi connectivity index (χ3v) is 2.49. The number of nitrogens with zero attached hydrogens (tertiary/aromatic N) is 3. The van der Waals surface area contributed by atoms with E-state index in [0.717, 1.165) is 13.0 Å². The lowest BCUT2D eigenvalue weighted by atomic mass is 10.2. The minimum atomic E-state index is 0.638. The van der Waals surface area contributed by atoms with Crippen LogP contribution in [0.15, 0.2) is 0 Å². The normalized spacial score (nSPS) is 16.4. The highest BCUT2D eigenvalue weighted by molar-refractivity contribution is 5.38. The van der Waals surface area contributed by atoms with Gasteiger partial charge in [0.05, 0.1) is 5.69 Å².